The Morgan fingerprint density at radius 1 is 1.00 bits per heavy atom. The van der Waals surface area contributed by atoms with E-state index in [2.05, 4.69) is 0 Å². The minimum absolute atomic E-state index is 0.0583. The van der Waals surface area contributed by atoms with E-state index in [-0.39, 0.29) is 4.90 Å². The van der Waals surface area contributed by atoms with Crippen LogP contribution in [-0.4, -0.2) is 8.42 Å². The van der Waals surface area contributed by atoms with E-state index in [0.717, 1.165) is 12.1 Å². The second kappa shape index (κ2) is 5.09. The van der Waals surface area contributed by atoms with Crippen LogP contribution < -0.4 is 0 Å². The first-order valence-electron chi connectivity index (χ1n) is 5.75. The Morgan fingerprint density at radius 2 is 1.68 bits per heavy atom. The average Bonchev–Trinajstić information content (AvgIpc) is 2.38. The molecule has 0 saturated heterocycles. The van der Waals surface area contributed by atoms with Gasteiger partial charge >= 0.3 is 0 Å². The molecule has 0 heterocycles. The van der Waals surface area contributed by atoms with Crippen LogP contribution in [0, 0.1) is 11.6 Å². The predicted octanol–water partition coefficient (Wildman–Crippen LogP) is 3.36. The van der Waals surface area contributed by atoms with E-state index in [1.54, 1.807) is 18.2 Å². The highest BCUT2D eigenvalue weighted by molar-refractivity contribution is 7.91. The van der Waals surface area contributed by atoms with Gasteiger partial charge in [0.15, 0.2) is 0 Å². The van der Waals surface area contributed by atoms with Crippen LogP contribution >= 0.6 is 0 Å². The smallest absolute Gasteiger partial charge is 0.209 e. The first-order chi connectivity index (χ1) is 8.96. The molecule has 2 aromatic rings. The Kier molecular flexibility index (Phi) is 3.66. The molecule has 0 amide bonds. The number of hydrogen-bond donors (Lipinski definition) is 0. The average molecular weight is 282 g/mol. The molecule has 2 aromatic carbocycles. The largest absolute Gasteiger partial charge is 0.218 e. The maximum atomic E-state index is 13.6. The van der Waals surface area contributed by atoms with Crippen LogP contribution in [0.3, 0.4) is 0 Å². The fraction of sp³-hybridized carbons (Fsp3) is 0.143. The van der Waals surface area contributed by atoms with Gasteiger partial charge < -0.3 is 0 Å². The molecule has 0 bridgehead atoms. The minimum atomic E-state index is -3.97. The van der Waals surface area contributed by atoms with Gasteiger partial charge in [0.05, 0.1) is 4.90 Å². The van der Waals surface area contributed by atoms with E-state index in [9.17, 15) is 17.2 Å². The summed E-state index contributed by atoms with van der Waals surface area (Å²) in [6.07, 6.45) is 0.512. The highest BCUT2D eigenvalue weighted by Crippen LogP contribution is 2.26. The zero-order valence-electron chi connectivity index (χ0n) is 10.2. The van der Waals surface area contributed by atoms with Gasteiger partial charge in [-0.2, -0.15) is 0 Å². The van der Waals surface area contributed by atoms with Crippen molar-refractivity contribution < 1.29 is 17.2 Å². The molecule has 0 spiro atoms. The summed E-state index contributed by atoms with van der Waals surface area (Å²) < 4.78 is 51.3. The Bertz CT molecular complexity index is 709. The lowest BCUT2D eigenvalue weighted by Gasteiger charge is -2.09. The summed E-state index contributed by atoms with van der Waals surface area (Å²) in [5.41, 5.74) is 0.603. The second-order valence-corrected chi connectivity index (χ2v) is 5.93. The quantitative estimate of drug-likeness (QED) is 0.809. The van der Waals surface area contributed by atoms with Crippen LogP contribution in [0.25, 0.3) is 0 Å². The third-order valence-corrected chi connectivity index (χ3v) is 4.71. The zero-order valence-corrected chi connectivity index (χ0v) is 11.0. The van der Waals surface area contributed by atoms with Crippen molar-refractivity contribution in [2.24, 2.45) is 0 Å². The van der Waals surface area contributed by atoms with Crippen LogP contribution in [0.5, 0.6) is 0 Å². The lowest BCUT2D eigenvalue weighted by molar-refractivity contribution is 0.548. The van der Waals surface area contributed by atoms with Crippen molar-refractivity contribution in [3.8, 4) is 0 Å². The number of aryl methyl sites for hydroxylation is 1. The molecule has 0 radical (unpaired) electrons. The van der Waals surface area contributed by atoms with Crippen molar-refractivity contribution in [1.82, 2.24) is 0 Å². The SMILES string of the molecule is CCc1ccccc1S(=O)(=O)c1ccc(F)cc1F. The Balaban J connectivity index is 2.66. The number of benzene rings is 2. The predicted molar refractivity (Wildman–Crippen MR) is 67.6 cm³/mol. The molecule has 2 rings (SSSR count). The van der Waals surface area contributed by atoms with Crippen molar-refractivity contribution in [2.45, 2.75) is 23.1 Å². The highest BCUT2D eigenvalue weighted by Gasteiger charge is 2.24. The van der Waals surface area contributed by atoms with Gasteiger partial charge in [-0.05, 0) is 30.2 Å². The molecule has 0 aliphatic heterocycles. The number of hydrogen-bond acceptors (Lipinski definition) is 2. The van der Waals surface area contributed by atoms with Crippen molar-refractivity contribution in [1.29, 1.82) is 0 Å². The number of rotatable bonds is 3. The van der Waals surface area contributed by atoms with E-state index >= 15 is 0 Å². The van der Waals surface area contributed by atoms with Crippen molar-refractivity contribution in [2.75, 3.05) is 0 Å². The van der Waals surface area contributed by atoms with Crippen LogP contribution in [0.4, 0.5) is 8.78 Å². The molecule has 0 unspecified atom stereocenters. The van der Waals surface area contributed by atoms with Gasteiger partial charge in [0.1, 0.15) is 16.5 Å². The van der Waals surface area contributed by atoms with E-state index in [1.165, 1.54) is 6.07 Å². The lowest BCUT2D eigenvalue weighted by atomic mass is 10.2. The third kappa shape index (κ3) is 2.51. The maximum Gasteiger partial charge on any atom is 0.209 e. The molecular weight excluding hydrogens is 270 g/mol. The highest BCUT2D eigenvalue weighted by atomic mass is 32.2. The summed E-state index contributed by atoms with van der Waals surface area (Å²) in [7, 11) is -3.97. The van der Waals surface area contributed by atoms with Gasteiger partial charge in [-0.15, -0.1) is 0 Å². The van der Waals surface area contributed by atoms with Gasteiger partial charge in [0.25, 0.3) is 0 Å². The Hall–Kier alpha value is -1.75. The molecule has 2 nitrogen and oxygen atoms in total. The molecule has 0 N–H and O–H groups in total. The zero-order chi connectivity index (χ0) is 14.0. The van der Waals surface area contributed by atoms with Crippen LogP contribution in [0.15, 0.2) is 52.3 Å². The monoisotopic (exact) mass is 282 g/mol. The lowest BCUT2D eigenvalue weighted by Crippen LogP contribution is -2.07. The summed E-state index contributed by atoms with van der Waals surface area (Å²) in [6.45, 7) is 1.81. The maximum absolute atomic E-state index is 13.6. The molecule has 0 fully saturated rings. The van der Waals surface area contributed by atoms with Crippen LogP contribution in [-0.2, 0) is 16.3 Å². The minimum Gasteiger partial charge on any atom is -0.218 e. The fourth-order valence-electron chi connectivity index (χ4n) is 1.87. The molecule has 0 saturated carbocycles. The second-order valence-electron chi connectivity index (χ2n) is 4.04. The van der Waals surface area contributed by atoms with Crippen LogP contribution in [0.1, 0.15) is 12.5 Å². The summed E-state index contributed by atoms with van der Waals surface area (Å²) >= 11 is 0. The van der Waals surface area contributed by atoms with Gasteiger partial charge in [-0.3, -0.25) is 0 Å². The summed E-state index contributed by atoms with van der Waals surface area (Å²) in [6, 6.07) is 8.86. The normalized spacial score (nSPS) is 11.5. The van der Waals surface area contributed by atoms with E-state index in [0.29, 0.717) is 18.1 Å². The van der Waals surface area contributed by atoms with Crippen LogP contribution in [0.2, 0.25) is 0 Å². The summed E-state index contributed by atoms with van der Waals surface area (Å²) in [5.74, 6) is -1.88. The molecule has 0 atom stereocenters. The molecule has 100 valence electrons. The third-order valence-electron chi connectivity index (χ3n) is 2.83. The van der Waals surface area contributed by atoms with E-state index in [1.807, 2.05) is 6.92 Å². The molecule has 5 heteroatoms. The van der Waals surface area contributed by atoms with E-state index in [4.69, 9.17) is 0 Å². The van der Waals surface area contributed by atoms with Crippen molar-refractivity contribution in [3.63, 3.8) is 0 Å². The first-order valence-corrected chi connectivity index (χ1v) is 7.23. The summed E-state index contributed by atoms with van der Waals surface area (Å²) in [4.78, 5) is -0.446. The topological polar surface area (TPSA) is 34.1 Å². The molecular formula is C14H12F2O2S. The van der Waals surface area contributed by atoms with Gasteiger partial charge in [0.2, 0.25) is 9.84 Å². The molecule has 0 aliphatic rings. The van der Waals surface area contributed by atoms with Crippen molar-refractivity contribution in [3.05, 3.63) is 59.7 Å². The van der Waals surface area contributed by atoms with E-state index < -0.39 is 26.4 Å². The Morgan fingerprint density at radius 3 is 2.32 bits per heavy atom. The summed E-state index contributed by atoms with van der Waals surface area (Å²) in [5, 5.41) is 0. The van der Waals surface area contributed by atoms with Gasteiger partial charge in [-0.1, -0.05) is 25.1 Å². The van der Waals surface area contributed by atoms with Crippen molar-refractivity contribution >= 4 is 9.84 Å². The number of halogens is 2. The molecule has 0 aromatic heterocycles. The number of sulfone groups is 1. The Labute approximate surface area is 110 Å². The first kappa shape index (κ1) is 13.7. The molecule has 0 aliphatic carbocycles. The fourth-order valence-corrected chi connectivity index (χ4v) is 3.48. The van der Waals surface area contributed by atoms with Gasteiger partial charge in [-0.25, -0.2) is 17.2 Å². The molecule has 19 heavy (non-hydrogen) atoms. The van der Waals surface area contributed by atoms with Gasteiger partial charge in [0, 0.05) is 6.07 Å². The standard InChI is InChI=1S/C14H12F2O2S/c1-2-10-5-3-4-6-13(10)19(17,18)14-8-7-11(15)9-12(14)16/h3-9H,2H2,1H3.